The molecular weight excluding hydrogens is 164 g/mol. The normalized spacial score (nSPS) is 10.4. The van der Waals surface area contributed by atoms with E-state index in [9.17, 15) is 4.79 Å². The predicted molar refractivity (Wildman–Crippen MR) is 52.6 cm³/mol. The van der Waals surface area contributed by atoms with Crippen molar-refractivity contribution in [3.05, 3.63) is 24.0 Å². The lowest BCUT2D eigenvalue weighted by Crippen LogP contribution is -2.25. The van der Waals surface area contributed by atoms with Crippen LogP contribution in [0, 0.1) is 5.92 Å². The van der Waals surface area contributed by atoms with E-state index in [-0.39, 0.29) is 5.91 Å². The Bertz CT molecular complexity index is 252. The van der Waals surface area contributed by atoms with Gasteiger partial charge in [0.1, 0.15) is 5.69 Å². The molecule has 0 radical (unpaired) electrons. The van der Waals surface area contributed by atoms with Crippen LogP contribution in [0.5, 0.6) is 0 Å². The number of amides is 1. The molecule has 2 N–H and O–H groups in total. The number of nitrogens with one attached hydrogen (secondary N) is 2. The number of carbonyl (C=O) groups is 1. The number of H-pyrrole nitrogens is 1. The average Bonchev–Trinajstić information content (AvgIpc) is 2.55. The van der Waals surface area contributed by atoms with E-state index >= 15 is 0 Å². The van der Waals surface area contributed by atoms with Gasteiger partial charge in [-0.1, -0.05) is 13.8 Å². The molecule has 1 aromatic heterocycles. The van der Waals surface area contributed by atoms with Crippen LogP contribution in [0.25, 0.3) is 0 Å². The highest BCUT2D eigenvalue weighted by molar-refractivity contribution is 5.92. The smallest absolute Gasteiger partial charge is 0.267 e. The van der Waals surface area contributed by atoms with Gasteiger partial charge in [0.2, 0.25) is 0 Å². The fourth-order valence-corrected chi connectivity index (χ4v) is 1.04. The molecule has 0 spiro atoms. The molecule has 0 aliphatic carbocycles. The Morgan fingerprint density at radius 2 is 2.38 bits per heavy atom. The van der Waals surface area contributed by atoms with Crippen molar-refractivity contribution in [1.82, 2.24) is 10.3 Å². The maximum absolute atomic E-state index is 11.3. The summed E-state index contributed by atoms with van der Waals surface area (Å²) < 4.78 is 0. The zero-order valence-corrected chi connectivity index (χ0v) is 8.13. The molecule has 1 amide bonds. The Morgan fingerprint density at radius 1 is 1.62 bits per heavy atom. The molecule has 0 saturated carbocycles. The van der Waals surface area contributed by atoms with E-state index in [1.807, 2.05) is 6.07 Å². The van der Waals surface area contributed by atoms with Crippen molar-refractivity contribution in [3.8, 4) is 0 Å². The molecule has 1 rings (SSSR count). The summed E-state index contributed by atoms with van der Waals surface area (Å²) in [4.78, 5) is 14.2. The molecule has 0 atom stereocenters. The van der Waals surface area contributed by atoms with Crippen molar-refractivity contribution in [2.45, 2.75) is 20.3 Å². The van der Waals surface area contributed by atoms with Crippen LogP contribution in [0.3, 0.4) is 0 Å². The second-order valence-corrected chi connectivity index (χ2v) is 3.52. The molecular formula is C10H16N2O. The molecule has 3 heteroatoms. The zero-order valence-electron chi connectivity index (χ0n) is 8.13. The van der Waals surface area contributed by atoms with Crippen LogP contribution in [0.4, 0.5) is 0 Å². The van der Waals surface area contributed by atoms with Gasteiger partial charge in [0, 0.05) is 12.7 Å². The molecule has 0 aliphatic heterocycles. The van der Waals surface area contributed by atoms with E-state index in [2.05, 4.69) is 24.1 Å². The summed E-state index contributed by atoms with van der Waals surface area (Å²) in [5.74, 6) is 0.606. The Kier molecular flexibility index (Phi) is 3.55. The summed E-state index contributed by atoms with van der Waals surface area (Å²) in [6.07, 6.45) is 2.77. The van der Waals surface area contributed by atoms with Gasteiger partial charge in [-0.2, -0.15) is 0 Å². The first-order chi connectivity index (χ1) is 6.20. The number of hydrogen-bond donors (Lipinski definition) is 2. The SMILES string of the molecule is CC(C)CCNC(=O)c1ccc[nH]1. The molecule has 0 unspecified atom stereocenters. The van der Waals surface area contributed by atoms with E-state index in [0.717, 1.165) is 13.0 Å². The maximum atomic E-state index is 11.3. The van der Waals surface area contributed by atoms with Gasteiger partial charge >= 0.3 is 0 Å². The van der Waals surface area contributed by atoms with Crippen LogP contribution in [0.1, 0.15) is 30.8 Å². The molecule has 1 heterocycles. The summed E-state index contributed by atoms with van der Waals surface area (Å²) in [7, 11) is 0. The Balaban J connectivity index is 2.27. The van der Waals surface area contributed by atoms with Crippen LogP contribution >= 0.6 is 0 Å². The molecule has 72 valence electrons. The fraction of sp³-hybridized carbons (Fsp3) is 0.500. The molecule has 0 fully saturated rings. The van der Waals surface area contributed by atoms with E-state index in [0.29, 0.717) is 11.6 Å². The zero-order chi connectivity index (χ0) is 9.68. The second kappa shape index (κ2) is 4.70. The van der Waals surface area contributed by atoms with Gasteiger partial charge < -0.3 is 10.3 Å². The van der Waals surface area contributed by atoms with E-state index in [4.69, 9.17) is 0 Å². The molecule has 0 aromatic carbocycles. The minimum absolute atomic E-state index is 0.0225. The average molecular weight is 180 g/mol. The van der Waals surface area contributed by atoms with E-state index in [1.165, 1.54) is 0 Å². The molecule has 0 saturated heterocycles. The summed E-state index contributed by atoms with van der Waals surface area (Å²) in [6, 6.07) is 3.59. The minimum atomic E-state index is -0.0225. The van der Waals surface area contributed by atoms with Gasteiger partial charge in [-0.05, 0) is 24.5 Å². The molecule has 0 bridgehead atoms. The minimum Gasteiger partial charge on any atom is -0.357 e. The highest BCUT2D eigenvalue weighted by Gasteiger charge is 2.04. The number of carbonyl (C=O) groups excluding carboxylic acids is 1. The third kappa shape index (κ3) is 3.32. The van der Waals surface area contributed by atoms with Gasteiger partial charge in [0.15, 0.2) is 0 Å². The van der Waals surface area contributed by atoms with Crippen LogP contribution in [-0.4, -0.2) is 17.4 Å². The van der Waals surface area contributed by atoms with E-state index < -0.39 is 0 Å². The molecule has 1 aromatic rings. The quantitative estimate of drug-likeness (QED) is 0.729. The standard InChI is InChI=1S/C10H16N2O/c1-8(2)5-7-12-10(13)9-4-3-6-11-9/h3-4,6,8,11H,5,7H2,1-2H3,(H,12,13). The van der Waals surface area contributed by atoms with Crippen LogP contribution < -0.4 is 5.32 Å². The Morgan fingerprint density at radius 3 is 2.92 bits per heavy atom. The number of aromatic amines is 1. The van der Waals surface area contributed by atoms with Crippen molar-refractivity contribution >= 4 is 5.91 Å². The molecule has 13 heavy (non-hydrogen) atoms. The van der Waals surface area contributed by atoms with Crippen molar-refractivity contribution < 1.29 is 4.79 Å². The highest BCUT2D eigenvalue weighted by Crippen LogP contribution is 1.98. The van der Waals surface area contributed by atoms with Crippen LogP contribution in [0.2, 0.25) is 0 Å². The largest absolute Gasteiger partial charge is 0.357 e. The summed E-state index contributed by atoms with van der Waals surface area (Å²) in [5.41, 5.74) is 0.628. The highest BCUT2D eigenvalue weighted by atomic mass is 16.1. The van der Waals surface area contributed by atoms with Gasteiger partial charge in [-0.15, -0.1) is 0 Å². The van der Waals surface area contributed by atoms with E-state index in [1.54, 1.807) is 12.3 Å². The molecule has 3 nitrogen and oxygen atoms in total. The number of rotatable bonds is 4. The second-order valence-electron chi connectivity index (χ2n) is 3.52. The lowest BCUT2D eigenvalue weighted by molar-refractivity contribution is 0.0947. The predicted octanol–water partition coefficient (Wildman–Crippen LogP) is 1.79. The number of hydrogen-bond acceptors (Lipinski definition) is 1. The lowest BCUT2D eigenvalue weighted by atomic mass is 10.1. The Hall–Kier alpha value is -1.25. The van der Waals surface area contributed by atoms with Gasteiger partial charge in [-0.25, -0.2) is 0 Å². The van der Waals surface area contributed by atoms with Crippen LogP contribution in [-0.2, 0) is 0 Å². The van der Waals surface area contributed by atoms with Gasteiger partial charge in [0.05, 0.1) is 0 Å². The van der Waals surface area contributed by atoms with Crippen LogP contribution in [0.15, 0.2) is 18.3 Å². The lowest BCUT2D eigenvalue weighted by Gasteiger charge is -2.05. The maximum Gasteiger partial charge on any atom is 0.267 e. The first-order valence-corrected chi connectivity index (χ1v) is 4.61. The van der Waals surface area contributed by atoms with Crippen molar-refractivity contribution in [2.75, 3.05) is 6.54 Å². The molecule has 0 aliphatic rings. The topological polar surface area (TPSA) is 44.9 Å². The van der Waals surface area contributed by atoms with Crippen molar-refractivity contribution in [2.24, 2.45) is 5.92 Å². The fourth-order valence-electron chi connectivity index (χ4n) is 1.04. The first-order valence-electron chi connectivity index (χ1n) is 4.61. The van der Waals surface area contributed by atoms with Gasteiger partial charge in [0.25, 0.3) is 5.91 Å². The monoisotopic (exact) mass is 180 g/mol. The van der Waals surface area contributed by atoms with Crippen molar-refractivity contribution in [3.63, 3.8) is 0 Å². The summed E-state index contributed by atoms with van der Waals surface area (Å²) in [5, 5.41) is 2.85. The third-order valence-corrected chi connectivity index (χ3v) is 1.85. The Labute approximate surface area is 78.5 Å². The first kappa shape index (κ1) is 9.84. The summed E-state index contributed by atoms with van der Waals surface area (Å²) >= 11 is 0. The summed E-state index contributed by atoms with van der Waals surface area (Å²) in [6.45, 7) is 5.02. The number of aromatic nitrogens is 1. The van der Waals surface area contributed by atoms with Gasteiger partial charge in [-0.3, -0.25) is 4.79 Å². The third-order valence-electron chi connectivity index (χ3n) is 1.85. The van der Waals surface area contributed by atoms with Crippen molar-refractivity contribution in [1.29, 1.82) is 0 Å².